The Hall–Kier alpha value is -1.69. The molecule has 1 aliphatic heterocycles. The molecular formula is C11H5ClF8O3S. The number of carboxylic acids is 1. The lowest BCUT2D eigenvalue weighted by molar-refractivity contribution is -0.187. The summed E-state index contributed by atoms with van der Waals surface area (Å²) in [6.45, 7) is 0. The molecule has 1 aromatic rings. The number of carboxylic acid groups (broad SMARTS) is 1. The lowest BCUT2D eigenvalue weighted by Crippen LogP contribution is -2.40. The fourth-order valence-electron chi connectivity index (χ4n) is 1.88. The fraction of sp³-hybridized carbons (Fsp3) is 0.182. The van der Waals surface area contributed by atoms with Crippen molar-refractivity contribution in [1.82, 2.24) is 0 Å². The predicted molar refractivity (Wildman–Crippen MR) is 68.9 cm³/mol. The molecular weight excluding hydrogens is 400 g/mol. The Kier molecular flexibility index (Phi) is 3.48. The number of ether oxygens (including phenoxy) is 1. The molecule has 1 atom stereocenters. The van der Waals surface area contributed by atoms with Crippen LogP contribution in [0.25, 0.3) is 6.08 Å². The van der Waals surface area contributed by atoms with Gasteiger partial charge in [0.25, 0.3) is 0 Å². The van der Waals surface area contributed by atoms with Crippen molar-refractivity contribution >= 4 is 33.9 Å². The highest BCUT2D eigenvalue weighted by Gasteiger charge is 2.66. The third-order valence-corrected chi connectivity index (χ3v) is 4.27. The van der Waals surface area contributed by atoms with E-state index >= 15 is 0 Å². The zero-order chi connectivity index (χ0) is 18.8. The van der Waals surface area contributed by atoms with E-state index in [1.54, 1.807) is 0 Å². The number of benzene rings is 1. The van der Waals surface area contributed by atoms with Crippen LogP contribution in [0.5, 0.6) is 5.75 Å². The summed E-state index contributed by atoms with van der Waals surface area (Å²) < 4.78 is 107. The summed E-state index contributed by atoms with van der Waals surface area (Å²) in [5.74, 6) is -3.12. The third-order valence-electron chi connectivity index (χ3n) is 2.86. The molecule has 0 aromatic heterocycles. The van der Waals surface area contributed by atoms with Crippen LogP contribution < -0.4 is 4.74 Å². The van der Waals surface area contributed by atoms with Gasteiger partial charge in [-0.15, -0.1) is 0 Å². The van der Waals surface area contributed by atoms with E-state index in [9.17, 15) is 37.4 Å². The third kappa shape index (κ3) is 3.53. The summed E-state index contributed by atoms with van der Waals surface area (Å²) in [5.41, 5.74) is -2.42. The Morgan fingerprint density at radius 1 is 1.17 bits per heavy atom. The van der Waals surface area contributed by atoms with Crippen LogP contribution in [-0.2, 0) is 4.79 Å². The van der Waals surface area contributed by atoms with Gasteiger partial charge < -0.3 is 9.84 Å². The first-order chi connectivity index (χ1) is 10.4. The predicted octanol–water partition coefficient (Wildman–Crippen LogP) is 5.79. The van der Waals surface area contributed by atoms with Crippen molar-refractivity contribution in [3.8, 4) is 5.75 Å². The van der Waals surface area contributed by atoms with Crippen molar-refractivity contribution in [2.45, 2.75) is 17.2 Å². The average molecular weight is 405 g/mol. The summed E-state index contributed by atoms with van der Waals surface area (Å²) >= 11 is 5.34. The van der Waals surface area contributed by atoms with Gasteiger partial charge in [0.2, 0.25) is 6.10 Å². The number of fused-ring (bicyclic) bond motifs is 1. The molecule has 24 heavy (non-hydrogen) atoms. The highest BCUT2D eigenvalue weighted by Crippen LogP contribution is 3.02. The van der Waals surface area contributed by atoms with Gasteiger partial charge in [0.05, 0.1) is 10.6 Å². The minimum absolute atomic E-state index is 0.165. The van der Waals surface area contributed by atoms with E-state index in [0.717, 1.165) is 0 Å². The van der Waals surface area contributed by atoms with Crippen LogP contribution in [0.15, 0.2) is 22.6 Å². The first-order valence-electron chi connectivity index (χ1n) is 5.66. The van der Waals surface area contributed by atoms with Gasteiger partial charge in [-0.3, -0.25) is 0 Å². The molecule has 0 fully saturated rings. The van der Waals surface area contributed by atoms with Crippen molar-refractivity contribution in [1.29, 1.82) is 0 Å². The van der Waals surface area contributed by atoms with E-state index in [-0.39, 0.29) is 18.2 Å². The zero-order valence-corrected chi connectivity index (χ0v) is 12.5. The highest BCUT2D eigenvalue weighted by molar-refractivity contribution is 8.45. The molecule has 13 heteroatoms. The molecule has 1 heterocycles. The number of hydrogen-bond acceptors (Lipinski definition) is 2. The molecule has 3 nitrogen and oxygen atoms in total. The van der Waals surface area contributed by atoms with Crippen molar-refractivity contribution in [2.75, 3.05) is 0 Å². The van der Waals surface area contributed by atoms with Crippen LogP contribution in [0, 0.1) is 0 Å². The topological polar surface area (TPSA) is 46.5 Å². The Morgan fingerprint density at radius 3 is 2.12 bits per heavy atom. The molecule has 0 spiro atoms. The maximum Gasteiger partial charge on any atom is 0.430 e. The number of carbonyl (C=O) groups is 1. The number of halogens is 9. The van der Waals surface area contributed by atoms with Gasteiger partial charge in [0.1, 0.15) is 10.6 Å². The molecule has 0 radical (unpaired) electrons. The number of alkyl halides is 3. The van der Waals surface area contributed by atoms with Gasteiger partial charge in [-0.05, 0) is 18.2 Å². The summed E-state index contributed by atoms with van der Waals surface area (Å²) in [5, 5.41) is 7.59. The van der Waals surface area contributed by atoms with E-state index < -0.39 is 55.3 Å². The van der Waals surface area contributed by atoms with Crippen LogP contribution in [0.3, 0.4) is 0 Å². The van der Waals surface area contributed by atoms with Gasteiger partial charge in [-0.25, -0.2) is 4.79 Å². The van der Waals surface area contributed by atoms with Crippen molar-refractivity contribution in [3.05, 3.63) is 28.3 Å². The minimum Gasteiger partial charge on any atom is -0.478 e. The largest absolute Gasteiger partial charge is 0.478 e. The minimum atomic E-state index is -10.2. The first-order valence-corrected chi connectivity index (χ1v) is 7.99. The highest BCUT2D eigenvalue weighted by atomic mass is 35.5. The Labute approximate surface area is 133 Å². The second-order valence-corrected chi connectivity index (χ2v) is 7.55. The molecule has 0 amide bonds. The summed E-state index contributed by atoms with van der Waals surface area (Å²) in [6, 6.07) is -0.479. The van der Waals surface area contributed by atoms with Gasteiger partial charge in [0, 0.05) is 5.56 Å². The molecule has 0 saturated carbocycles. The molecule has 136 valence electrons. The van der Waals surface area contributed by atoms with E-state index in [4.69, 9.17) is 16.7 Å². The van der Waals surface area contributed by atoms with E-state index in [2.05, 4.69) is 4.74 Å². The molecule has 1 N–H and O–H groups in total. The van der Waals surface area contributed by atoms with Crippen molar-refractivity contribution in [2.24, 2.45) is 0 Å². The second kappa shape index (κ2) is 4.48. The normalized spacial score (nSPS) is 21.0. The Balaban J connectivity index is 2.73. The van der Waals surface area contributed by atoms with E-state index in [1.165, 1.54) is 0 Å². The zero-order valence-electron chi connectivity index (χ0n) is 10.9. The SMILES string of the molecule is O=C(O)C1=Cc2cc(S(F)(F)(F)(F)F)cc(Cl)c2O[C@@H]1C(F)(F)F. The van der Waals surface area contributed by atoms with Gasteiger partial charge >= 0.3 is 22.4 Å². The standard InChI is InChI=1S/C11H5ClF8O3S/c12-7-3-5(24(16,17,18,19)20)1-4-2-6(10(21)22)9(11(13,14)15)23-8(4)7/h1-3,9H,(H,21,22)/t9-/m0/s1. The van der Waals surface area contributed by atoms with Crippen molar-refractivity contribution in [3.63, 3.8) is 0 Å². The quantitative estimate of drug-likeness (QED) is 0.635. The average Bonchev–Trinajstić information content (AvgIpc) is 2.33. The first kappa shape index (κ1) is 18.6. The summed E-state index contributed by atoms with van der Waals surface area (Å²) in [6.07, 6.45) is -8.06. The van der Waals surface area contributed by atoms with Crippen LogP contribution in [0.1, 0.15) is 5.56 Å². The second-order valence-electron chi connectivity index (χ2n) is 4.74. The number of hydrogen-bond donors (Lipinski definition) is 1. The molecule has 0 saturated heterocycles. The fourth-order valence-corrected chi connectivity index (χ4v) is 2.91. The summed E-state index contributed by atoms with van der Waals surface area (Å²) in [7, 11) is -10.2. The Morgan fingerprint density at radius 2 is 1.71 bits per heavy atom. The van der Waals surface area contributed by atoms with Gasteiger partial charge in [0.15, 0.2) is 0 Å². The number of rotatable bonds is 2. The lowest BCUT2D eigenvalue weighted by atomic mass is 10.0. The van der Waals surface area contributed by atoms with Crippen LogP contribution in [0.2, 0.25) is 5.02 Å². The molecule has 0 bridgehead atoms. The lowest BCUT2D eigenvalue weighted by Gasteiger charge is -2.41. The van der Waals surface area contributed by atoms with Crippen LogP contribution in [0.4, 0.5) is 32.6 Å². The Bertz CT molecular complexity index is 768. The van der Waals surface area contributed by atoms with E-state index in [0.29, 0.717) is 0 Å². The molecule has 2 rings (SSSR count). The van der Waals surface area contributed by atoms with Gasteiger partial charge in [-0.1, -0.05) is 31.0 Å². The molecule has 1 aromatic carbocycles. The monoisotopic (exact) mass is 404 g/mol. The van der Waals surface area contributed by atoms with Crippen molar-refractivity contribution < 1.29 is 47.2 Å². The molecule has 0 unspecified atom stereocenters. The maximum absolute atomic E-state index is 12.8. The maximum atomic E-state index is 12.8. The van der Waals surface area contributed by atoms with Crippen LogP contribution >= 0.6 is 21.8 Å². The molecule has 1 aliphatic rings. The van der Waals surface area contributed by atoms with Gasteiger partial charge in [-0.2, -0.15) is 13.2 Å². The number of aliphatic carboxylic acids is 1. The van der Waals surface area contributed by atoms with E-state index in [1.807, 2.05) is 0 Å². The smallest absolute Gasteiger partial charge is 0.430 e. The van der Waals surface area contributed by atoms with Crippen LogP contribution in [-0.4, -0.2) is 23.4 Å². The molecule has 0 aliphatic carbocycles. The summed E-state index contributed by atoms with van der Waals surface area (Å²) in [4.78, 5) is 8.39.